The number of nitrogens with one attached hydrogen (secondary N) is 1. The van der Waals surface area contributed by atoms with Crippen LogP contribution in [0.15, 0.2) is 12.7 Å². The van der Waals surface area contributed by atoms with Crippen LogP contribution in [0.1, 0.15) is 6.23 Å². The number of ether oxygens (including phenoxy) is 1. The predicted molar refractivity (Wildman–Crippen MR) is 74.5 cm³/mol. The fraction of sp³-hybridized carbons (Fsp3) is 0.455. The first-order chi connectivity index (χ1) is 11.0. The van der Waals surface area contributed by atoms with Crippen molar-refractivity contribution >= 4 is 22.9 Å². The maximum Gasteiger partial charge on any atom is 0.219 e. The number of hydrogen-bond donors (Lipinski definition) is 6. The zero-order valence-corrected chi connectivity index (χ0v) is 11.7. The van der Waals surface area contributed by atoms with Gasteiger partial charge in [0.05, 0.1) is 12.9 Å². The van der Waals surface area contributed by atoms with Crippen molar-refractivity contribution in [2.45, 2.75) is 24.5 Å². The van der Waals surface area contributed by atoms with Gasteiger partial charge in [-0.2, -0.15) is 5.06 Å². The number of rotatable bonds is 3. The van der Waals surface area contributed by atoms with Crippen molar-refractivity contribution in [3.8, 4) is 0 Å². The number of aliphatic hydroxyl groups is 3. The summed E-state index contributed by atoms with van der Waals surface area (Å²) in [7, 11) is 0. The first-order valence-electron chi connectivity index (χ1n) is 6.58. The van der Waals surface area contributed by atoms with Crippen LogP contribution in [0.2, 0.25) is 0 Å². The van der Waals surface area contributed by atoms with Crippen LogP contribution in [-0.4, -0.2) is 70.9 Å². The lowest BCUT2D eigenvalue weighted by Crippen LogP contribution is -2.34. The summed E-state index contributed by atoms with van der Waals surface area (Å²) in [6.45, 7) is -0.462. The number of fused-ring (bicyclic) bond motifs is 1. The Morgan fingerprint density at radius 2 is 2.09 bits per heavy atom. The van der Waals surface area contributed by atoms with Gasteiger partial charge in [0.2, 0.25) is 5.96 Å². The third kappa shape index (κ3) is 2.38. The molecule has 1 saturated heterocycles. The van der Waals surface area contributed by atoms with Crippen LogP contribution < -0.4 is 10.8 Å². The lowest BCUT2D eigenvalue weighted by atomic mass is 10.1. The smallest absolute Gasteiger partial charge is 0.219 e. The molecule has 0 radical (unpaired) electrons. The van der Waals surface area contributed by atoms with E-state index in [1.807, 2.05) is 0 Å². The van der Waals surface area contributed by atoms with Crippen LogP contribution in [0.4, 0.5) is 5.82 Å². The Labute approximate surface area is 128 Å². The Bertz CT molecular complexity index is 737. The molecule has 0 bridgehead atoms. The maximum absolute atomic E-state index is 10.1. The van der Waals surface area contributed by atoms with E-state index < -0.39 is 37.1 Å². The third-order valence-electron chi connectivity index (χ3n) is 3.56. The second kappa shape index (κ2) is 5.68. The lowest BCUT2D eigenvalue weighted by Gasteiger charge is -2.17. The quantitative estimate of drug-likeness (QED) is 0.200. The third-order valence-corrected chi connectivity index (χ3v) is 3.56. The van der Waals surface area contributed by atoms with Crippen molar-refractivity contribution in [3.05, 3.63) is 12.7 Å². The number of hydrogen-bond acceptors (Lipinski definition) is 9. The fourth-order valence-electron chi connectivity index (χ4n) is 2.40. The Balaban J connectivity index is 2.04. The van der Waals surface area contributed by atoms with Gasteiger partial charge in [0.15, 0.2) is 23.2 Å². The molecular weight excluding hydrogens is 310 g/mol. The zero-order chi connectivity index (χ0) is 16.7. The molecule has 12 nitrogen and oxygen atoms in total. The van der Waals surface area contributed by atoms with Gasteiger partial charge in [0.25, 0.3) is 0 Å². The highest BCUT2D eigenvalue weighted by Gasteiger charge is 2.44. The molecule has 7 N–H and O–H groups in total. The first-order valence-corrected chi connectivity index (χ1v) is 6.58. The highest BCUT2D eigenvalue weighted by molar-refractivity contribution is 5.96. The summed E-state index contributed by atoms with van der Waals surface area (Å²) in [5, 5.41) is 46.3. The number of aliphatic hydroxyl groups excluding tert-OH is 3. The van der Waals surface area contributed by atoms with Gasteiger partial charge in [-0.25, -0.2) is 15.0 Å². The highest BCUT2D eigenvalue weighted by Crippen LogP contribution is 2.32. The Morgan fingerprint density at radius 3 is 2.70 bits per heavy atom. The topological polar surface area (TPSA) is 187 Å². The van der Waals surface area contributed by atoms with Gasteiger partial charge in [0.1, 0.15) is 24.6 Å². The number of nitrogens with zero attached hydrogens (tertiary/aromatic N) is 5. The van der Waals surface area contributed by atoms with E-state index in [9.17, 15) is 15.4 Å². The Morgan fingerprint density at radius 1 is 1.35 bits per heavy atom. The molecule has 0 spiro atoms. The number of guanidine groups is 1. The Kier molecular flexibility index (Phi) is 3.83. The minimum absolute atomic E-state index is 0.114. The molecule has 23 heavy (non-hydrogen) atoms. The number of anilines is 1. The average molecular weight is 325 g/mol. The summed E-state index contributed by atoms with van der Waals surface area (Å²) in [6.07, 6.45) is -2.16. The molecule has 1 aliphatic rings. The van der Waals surface area contributed by atoms with E-state index in [1.165, 1.54) is 10.9 Å². The predicted octanol–water partition coefficient (Wildman–Crippen LogP) is -2.47. The molecule has 4 atom stereocenters. The molecule has 0 saturated carbocycles. The summed E-state index contributed by atoms with van der Waals surface area (Å²) in [5.74, 6) is -0.777. The summed E-state index contributed by atoms with van der Waals surface area (Å²) in [6, 6.07) is 0. The van der Waals surface area contributed by atoms with Crippen LogP contribution in [-0.2, 0) is 4.74 Å². The molecule has 0 unspecified atom stereocenters. The lowest BCUT2D eigenvalue weighted by molar-refractivity contribution is -0.0511. The molecule has 124 valence electrons. The van der Waals surface area contributed by atoms with Crippen molar-refractivity contribution in [1.82, 2.24) is 19.5 Å². The maximum atomic E-state index is 10.1. The molecule has 2 aromatic rings. The summed E-state index contributed by atoms with van der Waals surface area (Å²) in [5.41, 5.74) is 5.50. The largest absolute Gasteiger partial charge is 0.394 e. The van der Waals surface area contributed by atoms with Gasteiger partial charge in [-0.1, -0.05) is 0 Å². The van der Waals surface area contributed by atoms with Crippen LogP contribution in [0.5, 0.6) is 0 Å². The second-order valence-electron chi connectivity index (χ2n) is 4.95. The van der Waals surface area contributed by atoms with E-state index in [-0.39, 0.29) is 17.0 Å². The zero-order valence-electron chi connectivity index (χ0n) is 11.7. The molecule has 2 aromatic heterocycles. The van der Waals surface area contributed by atoms with Crippen molar-refractivity contribution in [2.75, 3.05) is 11.7 Å². The number of imidazole rings is 1. The fourth-order valence-corrected chi connectivity index (χ4v) is 2.40. The second-order valence-corrected chi connectivity index (χ2v) is 4.95. The van der Waals surface area contributed by atoms with E-state index in [0.717, 1.165) is 6.33 Å². The number of aromatic nitrogens is 4. The van der Waals surface area contributed by atoms with Gasteiger partial charge in [-0.15, -0.1) is 0 Å². The van der Waals surface area contributed by atoms with Crippen LogP contribution >= 0.6 is 0 Å². The molecule has 0 aromatic carbocycles. The van der Waals surface area contributed by atoms with E-state index in [4.69, 9.17) is 21.0 Å². The van der Waals surface area contributed by atoms with Crippen LogP contribution in [0.25, 0.3) is 11.2 Å². The van der Waals surface area contributed by atoms with Gasteiger partial charge >= 0.3 is 0 Å². The molecule has 1 fully saturated rings. The molecule has 3 heterocycles. The van der Waals surface area contributed by atoms with Crippen molar-refractivity contribution in [3.63, 3.8) is 0 Å². The summed E-state index contributed by atoms with van der Waals surface area (Å²) in [4.78, 5) is 11.8. The molecule has 0 aliphatic carbocycles. The van der Waals surface area contributed by atoms with Gasteiger partial charge in [-0.3, -0.25) is 15.2 Å². The minimum Gasteiger partial charge on any atom is -0.394 e. The van der Waals surface area contributed by atoms with Crippen LogP contribution in [0.3, 0.4) is 0 Å². The van der Waals surface area contributed by atoms with Gasteiger partial charge < -0.3 is 25.8 Å². The molecular formula is C11H15N7O5. The van der Waals surface area contributed by atoms with Crippen molar-refractivity contribution in [2.24, 2.45) is 5.73 Å². The van der Waals surface area contributed by atoms with E-state index in [0.29, 0.717) is 5.06 Å². The van der Waals surface area contributed by atoms with E-state index >= 15 is 0 Å². The Hall–Kier alpha value is -2.38. The minimum atomic E-state index is -1.30. The molecule has 3 rings (SSSR count). The van der Waals surface area contributed by atoms with Crippen molar-refractivity contribution in [1.29, 1.82) is 5.41 Å². The average Bonchev–Trinajstić information content (AvgIpc) is 3.08. The van der Waals surface area contributed by atoms with Crippen molar-refractivity contribution < 1.29 is 25.3 Å². The molecule has 0 amide bonds. The molecule has 12 heteroatoms. The number of nitrogens with two attached hydrogens (primary N) is 1. The highest BCUT2D eigenvalue weighted by atomic mass is 16.6. The van der Waals surface area contributed by atoms with E-state index in [1.54, 1.807) is 0 Å². The van der Waals surface area contributed by atoms with Crippen LogP contribution in [0, 0.1) is 5.41 Å². The standard InChI is InChI=1S/C11H15N7O5/c12-11(13)18(22)9-5-8(14-2-15-9)17(3-16-5)10-7(21)6(20)4(1-19)23-10/h2-4,6-7,10,19-22H,1H2,(H3,12,13)/t4-,6-,7+,10-/m1/s1. The SMILES string of the molecule is N=C(N)N(O)c1ncnc2c1ncn2[C@@H]1O[C@H](CO)[C@@H](O)[C@@H]1O. The first kappa shape index (κ1) is 15.5. The molecule has 1 aliphatic heterocycles. The van der Waals surface area contributed by atoms with Gasteiger partial charge in [-0.05, 0) is 0 Å². The van der Waals surface area contributed by atoms with Gasteiger partial charge in [0, 0.05) is 0 Å². The number of hydroxylamine groups is 1. The summed E-state index contributed by atoms with van der Waals surface area (Å²) >= 11 is 0. The normalized spacial score (nSPS) is 27.5. The summed E-state index contributed by atoms with van der Waals surface area (Å²) < 4.78 is 6.74. The monoisotopic (exact) mass is 325 g/mol. The van der Waals surface area contributed by atoms with E-state index in [2.05, 4.69) is 15.0 Å².